The number of amides is 1. The van der Waals surface area contributed by atoms with Crippen molar-refractivity contribution in [3.63, 3.8) is 0 Å². The first kappa shape index (κ1) is 18.8. The van der Waals surface area contributed by atoms with E-state index in [1.807, 2.05) is 32.0 Å². The molecule has 1 aromatic heterocycles. The van der Waals surface area contributed by atoms with E-state index in [9.17, 15) is 13.2 Å². The van der Waals surface area contributed by atoms with E-state index >= 15 is 0 Å². The normalized spacial score (nSPS) is 20.4. The highest BCUT2D eigenvalue weighted by Gasteiger charge is 2.36. The van der Waals surface area contributed by atoms with E-state index < -0.39 is 16.1 Å². The van der Waals surface area contributed by atoms with Crippen LogP contribution in [0.1, 0.15) is 19.5 Å². The molecule has 0 bridgehead atoms. The van der Waals surface area contributed by atoms with Crippen LogP contribution in [0.4, 0.5) is 0 Å². The van der Waals surface area contributed by atoms with Crippen LogP contribution in [0.25, 0.3) is 0 Å². The number of aromatic nitrogens is 1. The lowest BCUT2D eigenvalue weighted by atomic mass is 10.0. The molecule has 24 heavy (non-hydrogen) atoms. The van der Waals surface area contributed by atoms with Crippen molar-refractivity contribution in [2.75, 3.05) is 39.8 Å². The fourth-order valence-electron chi connectivity index (χ4n) is 2.94. The molecular formula is C16H26N4O3S. The first-order chi connectivity index (χ1) is 11.4. The third kappa shape index (κ3) is 4.12. The molecule has 2 heterocycles. The number of hydrogen-bond acceptors (Lipinski definition) is 4. The highest BCUT2D eigenvalue weighted by Crippen LogP contribution is 2.19. The van der Waals surface area contributed by atoms with Crippen molar-refractivity contribution < 1.29 is 13.2 Å². The van der Waals surface area contributed by atoms with Gasteiger partial charge in [0.1, 0.15) is 0 Å². The van der Waals surface area contributed by atoms with Crippen molar-refractivity contribution in [1.82, 2.24) is 18.5 Å². The molecular weight excluding hydrogens is 328 g/mol. The molecule has 0 saturated carbocycles. The number of carbonyl (C=O) groups is 1. The van der Waals surface area contributed by atoms with E-state index in [4.69, 9.17) is 0 Å². The second kappa shape index (κ2) is 8.04. The summed E-state index contributed by atoms with van der Waals surface area (Å²) in [7, 11) is -1.83. The number of rotatable bonds is 6. The summed E-state index contributed by atoms with van der Waals surface area (Å²) < 4.78 is 28.5. The maximum absolute atomic E-state index is 12.8. The lowest BCUT2D eigenvalue weighted by molar-refractivity contribution is -0.133. The fourth-order valence-corrected chi connectivity index (χ4v) is 4.60. The summed E-state index contributed by atoms with van der Waals surface area (Å²) in [4.78, 5) is 18.5. The Morgan fingerprint density at radius 2 is 1.96 bits per heavy atom. The van der Waals surface area contributed by atoms with Crippen LogP contribution in [0.5, 0.6) is 0 Å². The van der Waals surface area contributed by atoms with E-state index in [0.29, 0.717) is 32.6 Å². The summed E-state index contributed by atoms with van der Waals surface area (Å²) in [6.45, 7) is 5.40. The number of hydrogen-bond donors (Lipinski definition) is 0. The lowest BCUT2D eigenvalue weighted by Gasteiger charge is -2.28. The molecule has 0 radical (unpaired) electrons. The fraction of sp³-hybridized carbons (Fsp3) is 0.625. The SMILES string of the molecule is CCN(CC)S(=O)(=O)N1CCN(C)C(=O)[C@@H](Cc2ccccn2)C1. The lowest BCUT2D eigenvalue weighted by Crippen LogP contribution is -2.46. The van der Waals surface area contributed by atoms with Gasteiger partial charge in [-0.25, -0.2) is 0 Å². The number of likely N-dealkylation sites (N-methyl/N-ethyl adjacent to an activating group) is 1. The largest absolute Gasteiger partial charge is 0.344 e. The molecule has 1 amide bonds. The minimum absolute atomic E-state index is 0.0297. The van der Waals surface area contributed by atoms with Crippen molar-refractivity contribution in [3.05, 3.63) is 30.1 Å². The van der Waals surface area contributed by atoms with E-state index in [0.717, 1.165) is 5.69 Å². The Balaban J connectivity index is 2.25. The zero-order valence-corrected chi connectivity index (χ0v) is 15.4. The molecule has 1 aliphatic heterocycles. The molecule has 1 aromatic rings. The predicted molar refractivity (Wildman–Crippen MR) is 92.5 cm³/mol. The van der Waals surface area contributed by atoms with Crippen LogP contribution in [0, 0.1) is 5.92 Å². The van der Waals surface area contributed by atoms with Crippen molar-refractivity contribution in [2.45, 2.75) is 20.3 Å². The van der Waals surface area contributed by atoms with E-state index in [1.54, 1.807) is 18.1 Å². The molecule has 0 unspecified atom stereocenters. The van der Waals surface area contributed by atoms with Crippen LogP contribution >= 0.6 is 0 Å². The Morgan fingerprint density at radius 3 is 2.54 bits per heavy atom. The molecule has 2 rings (SSSR count). The summed E-state index contributed by atoms with van der Waals surface area (Å²) in [5.74, 6) is -0.448. The number of pyridine rings is 1. The monoisotopic (exact) mass is 354 g/mol. The first-order valence-corrected chi connectivity index (χ1v) is 9.69. The van der Waals surface area contributed by atoms with Crippen molar-refractivity contribution in [2.24, 2.45) is 5.92 Å². The van der Waals surface area contributed by atoms with Gasteiger partial charge < -0.3 is 4.90 Å². The van der Waals surface area contributed by atoms with Gasteiger partial charge in [-0.15, -0.1) is 0 Å². The zero-order chi connectivity index (χ0) is 17.7. The van der Waals surface area contributed by atoms with E-state index in [1.165, 1.54) is 8.61 Å². The number of nitrogens with zero attached hydrogens (tertiary/aromatic N) is 4. The van der Waals surface area contributed by atoms with Gasteiger partial charge in [0, 0.05) is 58.1 Å². The number of carbonyl (C=O) groups excluding carboxylic acids is 1. The quantitative estimate of drug-likeness (QED) is 0.750. The minimum Gasteiger partial charge on any atom is -0.344 e. The molecule has 1 fully saturated rings. The Kier molecular flexibility index (Phi) is 6.31. The maximum atomic E-state index is 12.8. The summed E-state index contributed by atoms with van der Waals surface area (Å²) in [5, 5.41) is 0. The Bertz CT molecular complexity index is 647. The predicted octanol–water partition coefficient (Wildman–Crippen LogP) is 0.601. The third-order valence-corrected chi connectivity index (χ3v) is 6.53. The molecule has 1 atom stereocenters. The highest BCUT2D eigenvalue weighted by atomic mass is 32.2. The summed E-state index contributed by atoms with van der Waals surface area (Å²) >= 11 is 0. The third-order valence-electron chi connectivity index (χ3n) is 4.37. The molecule has 1 aliphatic rings. The maximum Gasteiger partial charge on any atom is 0.282 e. The second-order valence-corrected chi connectivity index (χ2v) is 7.86. The first-order valence-electron chi connectivity index (χ1n) is 8.30. The average molecular weight is 354 g/mol. The van der Waals surface area contributed by atoms with Crippen LogP contribution in [-0.2, 0) is 21.4 Å². The highest BCUT2D eigenvalue weighted by molar-refractivity contribution is 7.86. The summed E-state index contributed by atoms with van der Waals surface area (Å²) in [6, 6.07) is 5.56. The van der Waals surface area contributed by atoms with Crippen LogP contribution in [-0.4, -0.2) is 72.6 Å². The summed E-state index contributed by atoms with van der Waals surface area (Å²) in [6.07, 6.45) is 2.12. The second-order valence-electron chi connectivity index (χ2n) is 5.93. The van der Waals surface area contributed by atoms with Gasteiger partial charge in [0.05, 0.1) is 5.92 Å². The van der Waals surface area contributed by atoms with Gasteiger partial charge in [-0.1, -0.05) is 19.9 Å². The van der Waals surface area contributed by atoms with Crippen LogP contribution < -0.4 is 0 Å². The van der Waals surface area contributed by atoms with E-state index in [-0.39, 0.29) is 12.5 Å². The van der Waals surface area contributed by atoms with Gasteiger partial charge in [0.25, 0.3) is 10.2 Å². The Labute approximate surface area is 144 Å². The van der Waals surface area contributed by atoms with Gasteiger partial charge in [0.15, 0.2) is 0 Å². The van der Waals surface area contributed by atoms with Gasteiger partial charge in [-0.3, -0.25) is 9.78 Å². The van der Waals surface area contributed by atoms with Crippen LogP contribution in [0.2, 0.25) is 0 Å². The van der Waals surface area contributed by atoms with Crippen LogP contribution in [0.15, 0.2) is 24.4 Å². The topological polar surface area (TPSA) is 73.8 Å². The smallest absolute Gasteiger partial charge is 0.282 e. The van der Waals surface area contributed by atoms with Gasteiger partial charge in [-0.05, 0) is 12.1 Å². The molecule has 1 saturated heterocycles. The average Bonchev–Trinajstić information content (AvgIpc) is 2.71. The summed E-state index contributed by atoms with van der Waals surface area (Å²) in [5.41, 5.74) is 0.798. The van der Waals surface area contributed by atoms with Gasteiger partial charge in [0.2, 0.25) is 5.91 Å². The Morgan fingerprint density at radius 1 is 1.25 bits per heavy atom. The molecule has 0 aliphatic carbocycles. The molecule has 0 spiro atoms. The zero-order valence-electron chi connectivity index (χ0n) is 14.6. The molecule has 134 valence electrons. The molecule has 7 nitrogen and oxygen atoms in total. The molecule has 8 heteroatoms. The minimum atomic E-state index is -3.55. The molecule has 0 aromatic carbocycles. The molecule has 0 N–H and O–H groups in total. The van der Waals surface area contributed by atoms with Gasteiger partial charge >= 0.3 is 0 Å². The van der Waals surface area contributed by atoms with Crippen molar-refractivity contribution >= 4 is 16.1 Å². The van der Waals surface area contributed by atoms with Crippen molar-refractivity contribution in [1.29, 1.82) is 0 Å². The Hall–Kier alpha value is -1.51. The van der Waals surface area contributed by atoms with Crippen molar-refractivity contribution in [3.8, 4) is 0 Å². The standard InChI is InChI=1S/C16H26N4O3S/c1-4-19(5-2)24(22,23)20-11-10-18(3)16(21)14(13-20)12-15-8-6-7-9-17-15/h6-9,14H,4-5,10-13H2,1-3H3/t14-/m0/s1. The van der Waals surface area contributed by atoms with Gasteiger partial charge in [-0.2, -0.15) is 17.0 Å². The van der Waals surface area contributed by atoms with Crippen LogP contribution in [0.3, 0.4) is 0 Å². The van der Waals surface area contributed by atoms with E-state index in [2.05, 4.69) is 4.98 Å².